The van der Waals surface area contributed by atoms with Crippen molar-refractivity contribution in [3.63, 3.8) is 0 Å². The predicted octanol–water partition coefficient (Wildman–Crippen LogP) is 2.82. The highest BCUT2D eigenvalue weighted by Gasteiger charge is 1.98. The van der Waals surface area contributed by atoms with Crippen molar-refractivity contribution in [1.29, 1.82) is 0 Å². The van der Waals surface area contributed by atoms with Gasteiger partial charge in [-0.3, -0.25) is 4.79 Å². The molecule has 0 saturated heterocycles. The van der Waals surface area contributed by atoms with Crippen molar-refractivity contribution >= 4 is 23.9 Å². The normalized spacial score (nSPS) is 11.1. The molecule has 0 aliphatic carbocycles. The van der Waals surface area contributed by atoms with Crippen LogP contribution >= 0.6 is 0 Å². The van der Waals surface area contributed by atoms with E-state index in [4.69, 9.17) is 4.42 Å². The topological polar surface area (TPSA) is 66.6 Å². The van der Waals surface area contributed by atoms with Crippen LogP contribution in [0.25, 0.3) is 6.08 Å². The number of allylic oxidation sites excluding steroid dienone is 1. The molecular weight excluding hydrogens is 266 g/mol. The number of hydrazone groups is 1. The number of hydrogen-bond donors (Lipinski definition) is 2. The van der Waals surface area contributed by atoms with Gasteiger partial charge in [-0.25, -0.2) is 5.43 Å². The fourth-order valence-electron chi connectivity index (χ4n) is 1.65. The number of furan rings is 1. The van der Waals surface area contributed by atoms with E-state index >= 15 is 0 Å². The lowest BCUT2D eigenvalue weighted by molar-refractivity contribution is -0.119. The Morgan fingerprint density at radius 2 is 2.24 bits per heavy atom. The Morgan fingerprint density at radius 3 is 3.00 bits per heavy atom. The van der Waals surface area contributed by atoms with Crippen LogP contribution in [0.15, 0.2) is 58.3 Å². The summed E-state index contributed by atoms with van der Waals surface area (Å²) in [4.78, 5) is 11.6. The van der Waals surface area contributed by atoms with Crippen molar-refractivity contribution in [2.75, 3.05) is 11.9 Å². The number of carbonyl (C=O) groups excluding carboxylic acids is 1. The minimum Gasteiger partial charge on any atom is -0.465 e. The van der Waals surface area contributed by atoms with Gasteiger partial charge in [0.15, 0.2) is 0 Å². The van der Waals surface area contributed by atoms with E-state index in [1.807, 2.05) is 37.3 Å². The van der Waals surface area contributed by atoms with Gasteiger partial charge in [0.05, 0.1) is 12.8 Å². The Hall–Kier alpha value is -2.82. The number of carbonyl (C=O) groups is 1. The summed E-state index contributed by atoms with van der Waals surface area (Å²) in [6, 6.07) is 11.5. The summed E-state index contributed by atoms with van der Waals surface area (Å²) in [5, 5.41) is 6.84. The summed E-state index contributed by atoms with van der Waals surface area (Å²) >= 11 is 0. The van der Waals surface area contributed by atoms with Crippen LogP contribution in [0.2, 0.25) is 0 Å². The first-order chi connectivity index (χ1) is 10.2. The second kappa shape index (κ2) is 7.69. The van der Waals surface area contributed by atoms with E-state index in [2.05, 4.69) is 15.8 Å². The van der Waals surface area contributed by atoms with Crippen molar-refractivity contribution in [3.8, 4) is 0 Å². The van der Waals surface area contributed by atoms with Gasteiger partial charge in [0.2, 0.25) is 0 Å². The van der Waals surface area contributed by atoms with E-state index in [9.17, 15) is 4.79 Å². The number of amides is 1. The van der Waals surface area contributed by atoms with Crippen LogP contribution in [-0.4, -0.2) is 18.7 Å². The van der Waals surface area contributed by atoms with E-state index in [0.29, 0.717) is 0 Å². The van der Waals surface area contributed by atoms with Crippen LogP contribution in [0.5, 0.6) is 0 Å². The molecule has 2 N–H and O–H groups in total. The minimum atomic E-state index is -0.209. The molecule has 2 aromatic rings. The number of hydrogen-bond acceptors (Lipinski definition) is 4. The molecule has 5 heteroatoms. The molecule has 1 amide bonds. The molecule has 1 aromatic carbocycles. The first kappa shape index (κ1) is 14.6. The lowest BCUT2D eigenvalue weighted by atomic mass is 10.2. The summed E-state index contributed by atoms with van der Waals surface area (Å²) in [5.41, 5.74) is 4.48. The summed E-state index contributed by atoms with van der Waals surface area (Å²) in [7, 11) is 0. The molecule has 0 saturated carbocycles. The number of aryl methyl sites for hydroxylation is 1. The molecule has 21 heavy (non-hydrogen) atoms. The summed E-state index contributed by atoms with van der Waals surface area (Å²) in [6.07, 6.45) is 6.52. The average molecular weight is 283 g/mol. The second-order valence-corrected chi connectivity index (χ2v) is 4.41. The predicted molar refractivity (Wildman–Crippen MR) is 84.0 cm³/mol. The molecule has 1 aromatic heterocycles. The van der Waals surface area contributed by atoms with Gasteiger partial charge in [0, 0.05) is 11.9 Å². The molecule has 0 aliphatic heterocycles. The number of anilines is 1. The first-order valence-corrected chi connectivity index (χ1v) is 6.56. The highest BCUT2D eigenvalue weighted by molar-refractivity contribution is 5.83. The third kappa shape index (κ3) is 5.36. The van der Waals surface area contributed by atoms with Gasteiger partial charge in [-0.2, -0.15) is 5.10 Å². The van der Waals surface area contributed by atoms with Gasteiger partial charge in [-0.15, -0.1) is 0 Å². The Morgan fingerprint density at radius 1 is 1.33 bits per heavy atom. The molecule has 2 rings (SSSR count). The Kier molecular flexibility index (Phi) is 5.34. The van der Waals surface area contributed by atoms with E-state index < -0.39 is 0 Å². The number of rotatable bonds is 6. The summed E-state index contributed by atoms with van der Waals surface area (Å²) < 4.78 is 5.11. The molecule has 0 aliphatic rings. The third-order valence-electron chi connectivity index (χ3n) is 2.62. The van der Waals surface area contributed by atoms with Crippen LogP contribution < -0.4 is 10.7 Å². The Balaban J connectivity index is 1.70. The van der Waals surface area contributed by atoms with Gasteiger partial charge in [-0.1, -0.05) is 12.1 Å². The fraction of sp³-hybridized carbons (Fsp3) is 0.125. The van der Waals surface area contributed by atoms with Gasteiger partial charge in [0.25, 0.3) is 5.91 Å². The summed E-state index contributed by atoms with van der Waals surface area (Å²) in [6.45, 7) is 2.17. The zero-order valence-corrected chi connectivity index (χ0v) is 11.7. The van der Waals surface area contributed by atoms with Crippen LogP contribution in [0.1, 0.15) is 11.3 Å². The quantitative estimate of drug-likeness (QED) is 0.633. The van der Waals surface area contributed by atoms with Crippen molar-refractivity contribution in [1.82, 2.24) is 5.43 Å². The number of nitrogens with one attached hydrogen (secondary N) is 2. The second-order valence-electron chi connectivity index (χ2n) is 4.41. The number of benzene rings is 1. The maximum absolute atomic E-state index is 11.6. The molecule has 0 spiro atoms. The van der Waals surface area contributed by atoms with Gasteiger partial charge in [0.1, 0.15) is 5.76 Å². The van der Waals surface area contributed by atoms with Gasteiger partial charge >= 0.3 is 0 Å². The fourth-order valence-corrected chi connectivity index (χ4v) is 1.65. The van der Waals surface area contributed by atoms with Gasteiger partial charge < -0.3 is 9.73 Å². The van der Waals surface area contributed by atoms with Crippen molar-refractivity contribution in [3.05, 3.63) is 60.1 Å². The lowest BCUT2D eigenvalue weighted by Gasteiger charge is -2.05. The molecule has 0 fully saturated rings. The van der Waals surface area contributed by atoms with E-state index in [-0.39, 0.29) is 12.5 Å². The van der Waals surface area contributed by atoms with Crippen LogP contribution in [0.4, 0.5) is 5.69 Å². The van der Waals surface area contributed by atoms with E-state index in [0.717, 1.165) is 17.0 Å². The van der Waals surface area contributed by atoms with Crippen LogP contribution in [0, 0.1) is 6.92 Å². The third-order valence-corrected chi connectivity index (χ3v) is 2.62. The molecule has 0 atom stereocenters. The maximum atomic E-state index is 11.6. The summed E-state index contributed by atoms with van der Waals surface area (Å²) in [5.74, 6) is 0.521. The van der Waals surface area contributed by atoms with E-state index in [1.165, 1.54) is 6.21 Å². The van der Waals surface area contributed by atoms with Crippen LogP contribution in [0.3, 0.4) is 0 Å². The highest BCUT2D eigenvalue weighted by atomic mass is 16.3. The van der Waals surface area contributed by atoms with Crippen molar-refractivity contribution in [2.45, 2.75) is 6.92 Å². The molecule has 5 nitrogen and oxygen atoms in total. The molecule has 1 heterocycles. The lowest BCUT2D eigenvalue weighted by Crippen LogP contribution is -2.25. The average Bonchev–Trinajstić information content (AvgIpc) is 2.98. The van der Waals surface area contributed by atoms with E-state index in [1.54, 1.807) is 24.5 Å². The zero-order valence-electron chi connectivity index (χ0n) is 11.7. The maximum Gasteiger partial charge on any atom is 0.259 e. The Bertz CT molecular complexity index is 631. The molecule has 0 radical (unpaired) electrons. The smallest absolute Gasteiger partial charge is 0.259 e. The van der Waals surface area contributed by atoms with Gasteiger partial charge in [-0.05, 0) is 48.9 Å². The first-order valence-electron chi connectivity index (χ1n) is 6.56. The Labute approximate surface area is 123 Å². The zero-order chi connectivity index (χ0) is 14.9. The van der Waals surface area contributed by atoms with Crippen molar-refractivity contribution < 1.29 is 9.21 Å². The molecule has 0 unspecified atom stereocenters. The largest absolute Gasteiger partial charge is 0.465 e. The monoisotopic (exact) mass is 283 g/mol. The molecular formula is C16H17N3O2. The highest BCUT2D eigenvalue weighted by Crippen LogP contribution is 2.08. The molecule has 108 valence electrons. The molecule has 0 bridgehead atoms. The number of nitrogens with zero attached hydrogens (tertiary/aromatic N) is 1. The standard InChI is InChI=1S/C16H17N3O2/c1-13-5-2-6-14(11-13)17-12-16(20)19-18-9-3-7-15-8-4-10-21-15/h2-11,17H,12H2,1H3,(H,19,20). The SMILES string of the molecule is Cc1cccc(NCC(=O)NN=CC=Cc2ccco2)c1. The minimum absolute atomic E-state index is 0.169. The van der Waals surface area contributed by atoms with Crippen molar-refractivity contribution in [2.24, 2.45) is 5.10 Å². The van der Waals surface area contributed by atoms with Crippen LogP contribution in [-0.2, 0) is 4.79 Å².